The smallest absolute Gasteiger partial charge is 0.151 e. The van der Waals surface area contributed by atoms with Crippen molar-refractivity contribution in [2.45, 2.75) is 38.8 Å². The molecule has 1 aliphatic carbocycles. The lowest BCUT2D eigenvalue weighted by atomic mass is 10.2. The van der Waals surface area contributed by atoms with Gasteiger partial charge in [-0.3, -0.25) is 0 Å². The quantitative estimate of drug-likeness (QED) is 0.660. The van der Waals surface area contributed by atoms with Gasteiger partial charge in [0.1, 0.15) is 0 Å². The van der Waals surface area contributed by atoms with Gasteiger partial charge in [0.2, 0.25) is 0 Å². The summed E-state index contributed by atoms with van der Waals surface area (Å²) in [6.07, 6.45) is 1.89. The van der Waals surface area contributed by atoms with Gasteiger partial charge in [0.15, 0.2) is 9.84 Å². The molecular formula is C10H21NO3S. The van der Waals surface area contributed by atoms with Gasteiger partial charge in [-0.2, -0.15) is 0 Å². The Hall–Kier alpha value is -0.130. The number of aliphatic hydroxyl groups excluding tert-OH is 1. The highest BCUT2D eigenvalue weighted by molar-refractivity contribution is 7.91. The van der Waals surface area contributed by atoms with E-state index >= 15 is 0 Å². The average molecular weight is 235 g/mol. The van der Waals surface area contributed by atoms with Gasteiger partial charge in [0.25, 0.3) is 0 Å². The molecule has 1 aliphatic rings. The largest absolute Gasteiger partial charge is 0.392 e. The summed E-state index contributed by atoms with van der Waals surface area (Å²) in [5, 5.41) is 12.6. The summed E-state index contributed by atoms with van der Waals surface area (Å²) >= 11 is 0. The molecule has 1 saturated carbocycles. The van der Waals surface area contributed by atoms with Crippen LogP contribution in [0.15, 0.2) is 0 Å². The summed E-state index contributed by atoms with van der Waals surface area (Å²) in [6, 6.07) is -0.0802. The van der Waals surface area contributed by atoms with Crippen LogP contribution in [0.5, 0.6) is 0 Å². The first-order valence-electron chi connectivity index (χ1n) is 5.56. The van der Waals surface area contributed by atoms with Crippen LogP contribution in [0, 0.1) is 5.92 Å². The fourth-order valence-electron chi connectivity index (χ4n) is 1.53. The molecule has 2 N–H and O–H groups in total. The van der Waals surface area contributed by atoms with Crippen LogP contribution >= 0.6 is 0 Å². The molecule has 5 heteroatoms. The average Bonchev–Trinajstić information content (AvgIpc) is 2.96. The summed E-state index contributed by atoms with van der Waals surface area (Å²) < 4.78 is 22.6. The van der Waals surface area contributed by atoms with Crippen LogP contribution in [0.2, 0.25) is 0 Å². The first-order valence-corrected chi connectivity index (χ1v) is 7.38. The zero-order valence-electron chi connectivity index (χ0n) is 9.44. The summed E-state index contributed by atoms with van der Waals surface area (Å²) in [7, 11) is -2.92. The van der Waals surface area contributed by atoms with Gasteiger partial charge in [-0.1, -0.05) is 6.92 Å². The molecule has 0 heterocycles. The minimum atomic E-state index is -2.92. The maximum Gasteiger partial charge on any atom is 0.151 e. The number of sulfone groups is 1. The Kier molecular flexibility index (Phi) is 4.55. The summed E-state index contributed by atoms with van der Waals surface area (Å²) in [5.41, 5.74) is 0. The third-order valence-corrected chi connectivity index (χ3v) is 4.67. The fraction of sp³-hybridized carbons (Fsp3) is 1.00. The lowest BCUT2D eigenvalue weighted by Gasteiger charge is -2.16. The predicted octanol–water partition coefficient (Wildman–Crippen LogP) is 0.170. The second kappa shape index (κ2) is 5.27. The van der Waals surface area contributed by atoms with E-state index in [0.717, 1.165) is 12.8 Å². The molecule has 90 valence electrons. The van der Waals surface area contributed by atoms with Crippen LogP contribution < -0.4 is 5.32 Å². The number of hydrogen-bond acceptors (Lipinski definition) is 4. The van der Waals surface area contributed by atoms with Crippen molar-refractivity contribution in [3.05, 3.63) is 0 Å². The van der Waals surface area contributed by atoms with Crippen molar-refractivity contribution in [3.8, 4) is 0 Å². The molecule has 0 saturated heterocycles. The molecule has 0 aromatic rings. The Balaban J connectivity index is 2.20. The van der Waals surface area contributed by atoms with E-state index in [9.17, 15) is 13.5 Å². The van der Waals surface area contributed by atoms with E-state index in [0.29, 0.717) is 12.5 Å². The molecule has 2 unspecified atom stereocenters. The molecule has 0 radical (unpaired) electrons. The summed E-state index contributed by atoms with van der Waals surface area (Å²) in [4.78, 5) is 0. The van der Waals surface area contributed by atoms with Crippen molar-refractivity contribution in [2.24, 2.45) is 5.92 Å². The van der Waals surface area contributed by atoms with Crippen LogP contribution in [0.4, 0.5) is 0 Å². The van der Waals surface area contributed by atoms with Crippen molar-refractivity contribution in [3.63, 3.8) is 0 Å². The van der Waals surface area contributed by atoms with Gasteiger partial charge >= 0.3 is 0 Å². The third-order valence-electron chi connectivity index (χ3n) is 2.79. The monoisotopic (exact) mass is 235 g/mol. The van der Waals surface area contributed by atoms with Crippen LogP contribution in [-0.4, -0.2) is 43.7 Å². The second-order valence-electron chi connectivity index (χ2n) is 4.41. The van der Waals surface area contributed by atoms with Gasteiger partial charge in [-0.15, -0.1) is 0 Å². The lowest BCUT2D eigenvalue weighted by molar-refractivity contribution is 0.146. The highest BCUT2D eigenvalue weighted by atomic mass is 32.2. The van der Waals surface area contributed by atoms with E-state index in [1.54, 1.807) is 6.92 Å². The Morgan fingerprint density at radius 3 is 2.53 bits per heavy atom. The lowest BCUT2D eigenvalue weighted by Crippen LogP contribution is -2.39. The van der Waals surface area contributed by atoms with E-state index in [1.165, 1.54) is 0 Å². The second-order valence-corrected chi connectivity index (χ2v) is 6.81. The highest BCUT2D eigenvalue weighted by Gasteiger charge is 2.29. The topological polar surface area (TPSA) is 66.4 Å². The minimum absolute atomic E-state index is 0.0802. The van der Waals surface area contributed by atoms with E-state index in [2.05, 4.69) is 5.32 Å². The van der Waals surface area contributed by atoms with Crippen LogP contribution in [-0.2, 0) is 9.84 Å². The Morgan fingerprint density at radius 2 is 2.07 bits per heavy atom. The SMILES string of the molecule is CCS(=O)(=O)CC(C)NCC(O)C1CC1. The van der Waals surface area contributed by atoms with Crippen LogP contribution in [0.1, 0.15) is 26.7 Å². The Labute approximate surface area is 92.0 Å². The van der Waals surface area contributed by atoms with Crippen molar-refractivity contribution in [1.29, 1.82) is 0 Å². The fourth-order valence-corrected chi connectivity index (χ4v) is 2.64. The molecule has 0 spiro atoms. The third kappa shape index (κ3) is 4.95. The molecule has 4 nitrogen and oxygen atoms in total. The molecule has 15 heavy (non-hydrogen) atoms. The van der Waals surface area contributed by atoms with Gasteiger partial charge in [0.05, 0.1) is 11.9 Å². The Morgan fingerprint density at radius 1 is 1.47 bits per heavy atom. The molecule has 0 bridgehead atoms. The molecular weight excluding hydrogens is 214 g/mol. The van der Waals surface area contributed by atoms with E-state index in [1.807, 2.05) is 6.92 Å². The van der Waals surface area contributed by atoms with Crippen molar-refractivity contribution in [2.75, 3.05) is 18.1 Å². The van der Waals surface area contributed by atoms with Crippen LogP contribution in [0.25, 0.3) is 0 Å². The van der Waals surface area contributed by atoms with Gasteiger partial charge in [-0.25, -0.2) is 8.42 Å². The first-order chi connectivity index (χ1) is 6.94. The molecule has 0 aromatic heterocycles. The van der Waals surface area contributed by atoms with Gasteiger partial charge in [-0.05, 0) is 25.7 Å². The van der Waals surface area contributed by atoms with Crippen molar-refractivity contribution >= 4 is 9.84 Å². The highest BCUT2D eigenvalue weighted by Crippen LogP contribution is 2.32. The molecule has 0 aliphatic heterocycles. The minimum Gasteiger partial charge on any atom is -0.392 e. The molecule has 1 rings (SSSR count). The maximum atomic E-state index is 11.3. The molecule has 0 aromatic carbocycles. The number of rotatable bonds is 7. The summed E-state index contributed by atoms with van der Waals surface area (Å²) in [5.74, 6) is 0.776. The number of hydrogen-bond donors (Lipinski definition) is 2. The van der Waals surface area contributed by atoms with Gasteiger partial charge in [0, 0.05) is 18.3 Å². The van der Waals surface area contributed by atoms with Crippen molar-refractivity contribution in [1.82, 2.24) is 5.32 Å². The van der Waals surface area contributed by atoms with Gasteiger partial charge < -0.3 is 10.4 Å². The van der Waals surface area contributed by atoms with E-state index in [4.69, 9.17) is 0 Å². The normalized spacial score (nSPS) is 21.3. The molecule has 2 atom stereocenters. The summed E-state index contributed by atoms with van der Waals surface area (Å²) in [6.45, 7) is 4.00. The van der Waals surface area contributed by atoms with Crippen LogP contribution in [0.3, 0.4) is 0 Å². The standard InChI is InChI=1S/C10H21NO3S/c1-3-15(13,14)7-8(2)11-6-10(12)9-4-5-9/h8-12H,3-7H2,1-2H3. The molecule has 0 amide bonds. The maximum absolute atomic E-state index is 11.3. The van der Waals surface area contributed by atoms with E-state index in [-0.39, 0.29) is 23.7 Å². The molecule has 1 fully saturated rings. The zero-order valence-corrected chi connectivity index (χ0v) is 10.3. The number of aliphatic hydroxyl groups is 1. The zero-order chi connectivity index (χ0) is 11.5. The number of nitrogens with one attached hydrogen (secondary N) is 1. The Bertz CT molecular complexity index is 285. The first kappa shape index (κ1) is 12.9. The van der Waals surface area contributed by atoms with Crippen molar-refractivity contribution < 1.29 is 13.5 Å². The van der Waals surface area contributed by atoms with E-state index < -0.39 is 9.84 Å². The predicted molar refractivity (Wildman–Crippen MR) is 60.5 cm³/mol.